The Bertz CT molecular complexity index is 2920. The number of fused-ring (bicyclic) bond motifs is 5. The second kappa shape index (κ2) is 11.9. The first-order valence-corrected chi connectivity index (χ1v) is 18.4. The Labute approximate surface area is 312 Å². The van der Waals surface area contributed by atoms with Crippen LogP contribution in [0.25, 0.3) is 72.4 Å². The lowest BCUT2D eigenvalue weighted by atomic mass is 9.59. The van der Waals surface area contributed by atoms with Crippen molar-refractivity contribution in [3.63, 3.8) is 0 Å². The van der Waals surface area contributed by atoms with Gasteiger partial charge in [0.15, 0.2) is 11.6 Å². The molecule has 0 aliphatic heterocycles. The van der Waals surface area contributed by atoms with Gasteiger partial charge in [-0.05, 0) is 62.4 Å². The van der Waals surface area contributed by atoms with Crippen LogP contribution in [0.5, 0.6) is 0 Å². The highest BCUT2D eigenvalue weighted by atomic mass is 15.2. The summed E-state index contributed by atoms with van der Waals surface area (Å²) >= 11 is 0. The van der Waals surface area contributed by atoms with E-state index in [9.17, 15) is 0 Å². The van der Waals surface area contributed by atoms with Crippen LogP contribution in [0.4, 0.5) is 0 Å². The third kappa shape index (κ3) is 4.40. The quantitative estimate of drug-likeness (QED) is 0.181. The molecule has 0 bridgehead atoms. The molecule has 252 valence electrons. The minimum atomic E-state index is -0.606. The number of rotatable bonds is 5. The van der Waals surface area contributed by atoms with Crippen molar-refractivity contribution in [2.24, 2.45) is 0 Å². The van der Waals surface area contributed by atoms with E-state index in [-0.39, 0.29) is 0 Å². The fraction of sp³-hybridized carbons (Fsp3) is 0.0200. The van der Waals surface area contributed by atoms with Gasteiger partial charge < -0.3 is 0 Å². The Hall–Kier alpha value is -7.17. The molecule has 0 spiro atoms. The van der Waals surface area contributed by atoms with Crippen LogP contribution in [-0.2, 0) is 5.41 Å². The molecule has 8 aromatic carbocycles. The zero-order chi connectivity index (χ0) is 35.6. The summed E-state index contributed by atoms with van der Waals surface area (Å²) in [6.07, 6.45) is 0. The summed E-state index contributed by atoms with van der Waals surface area (Å²) in [6, 6.07) is 69.4. The maximum Gasteiger partial charge on any atom is 0.238 e. The van der Waals surface area contributed by atoms with Crippen molar-refractivity contribution in [2.75, 3.05) is 0 Å². The topological polar surface area (TPSA) is 43.6 Å². The SMILES string of the molecule is c1ccc(-c2nc(-c3ccccc3)nc(-n3c4ccccc4c4cc5c(cc43)C(c3ccccc3)(c3ccccc3)c3cccc4cccc-5c34)n2)cc1. The average molecular weight is 689 g/mol. The van der Waals surface area contributed by atoms with E-state index in [0.717, 1.165) is 32.9 Å². The van der Waals surface area contributed by atoms with Crippen LogP contribution in [0.3, 0.4) is 0 Å². The number of para-hydroxylation sites is 1. The van der Waals surface area contributed by atoms with Gasteiger partial charge in [-0.15, -0.1) is 0 Å². The van der Waals surface area contributed by atoms with E-state index in [1.165, 1.54) is 44.2 Å². The first kappa shape index (κ1) is 30.5. The molecule has 0 atom stereocenters. The largest absolute Gasteiger partial charge is 0.278 e. The molecule has 1 aliphatic carbocycles. The number of aromatic nitrogens is 4. The molecule has 4 nitrogen and oxygen atoms in total. The summed E-state index contributed by atoms with van der Waals surface area (Å²) in [5.41, 5.74) is 10.8. The Balaban J connectivity index is 1.31. The number of benzene rings is 8. The van der Waals surface area contributed by atoms with Crippen LogP contribution in [0, 0.1) is 0 Å². The molecule has 0 saturated carbocycles. The van der Waals surface area contributed by atoms with Crippen molar-refractivity contribution in [1.29, 1.82) is 0 Å². The number of hydrogen-bond donors (Lipinski definition) is 0. The van der Waals surface area contributed by atoms with Gasteiger partial charge in [0.1, 0.15) is 0 Å². The predicted octanol–water partition coefficient (Wildman–Crippen LogP) is 11.8. The Morgan fingerprint density at radius 2 is 0.944 bits per heavy atom. The Morgan fingerprint density at radius 3 is 1.57 bits per heavy atom. The molecular weight excluding hydrogens is 657 g/mol. The van der Waals surface area contributed by atoms with Gasteiger partial charge in [0.25, 0.3) is 0 Å². The molecule has 0 saturated heterocycles. The van der Waals surface area contributed by atoms with E-state index in [2.05, 4.69) is 162 Å². The summed E-state index contributed by atoms with van der Waals surface area (Å²) in [4.78, 5) is 15.5. The van der Waals surface area contributed by atoms with Crippen LogP contribution >= 0.6 is 0 Å². The van der Waals surface area contributed by atoms with Crippen molar-refractivity contribution in [3.8, 4) is 39.9 Å². The van der Waals surface area contributed by atoms with Crippen LogP contribution in [-0.4, -0.2) is 19.5 Å². The smallest absolute Gasteiger partial charge is 0.238 e. The van der Waals surface area contributed by atoms with E-state index in [1.807, 2.05) is 36.4 Å². The molecule has 54 heavy (non-hydrogen) atoms. The fourth-order valence-electron chi connectivity index (χ4n) is 8.85. The molecule has 0 fully saturated rings. The molecule has 2 heterocycles. The molecule has 0 radical (unpaired) electrons. The average Bonchev–Trinajstić information content (AvgIpc) is 3.58. The van der Waals surface area contributed by atoms with Gasteiger partial charge in [-0.25, -0.2) is 4.98 Å². The maximum atomic E-state index is 5.24. The molecule has 0 amide bonds. The maximum absolute atomic E-state index is 5.24. The zero-order valence-corrected chi connectivity index (χ0v) is 29.3. The third-order valence-electron chi connectivity index (χ3n) is 11.1. The highest BCUT2D eigenvalue weighted by Crippen LogP contribution is 2.56. The summed E-state index contributed by atoms with van der Waals surface area (Å²) in [7, 11) is 0. The molecule has 10 aromatic rings. The second-order valence-electron chi connectivity index (χ2n) is 14.0. The highest BCUT2D eigenvalue weighted by Gasteiger charge is 2.44. The summed E-state index contributed by atoms with van der Waals surface area (Å²) in [6.45, 7) is 0. The standard InChI is InChI=1S/C50H32N4/c1-5-17-34(18-6-1)47-51-48(35-19-7-2-8-20-35)53-49(52-47)54-44-30-14-13-27-38(44)41-31-40-39-28-15-21-33-22-16-29-42(46(33)39)50(43(40)32-45(41)54,36-23-9-3-10-24-36)37-25-11-4-12-26-37/h1-32H. The second-order valence-corrected chi connectivity index (χ2v) is 14.0. The van der Waals surface area contributed by atoms with E-state index >= 15 is 0 Å². The fourth-order valence-corrected chi connectivity index (χ4v) is 8.85. The molecular formula is C50H32N4. The molecule has 11 rings (SSSR count). The van der Waals surface area contributed by atoms with Gasteiger partial charge in [-0.3, -0.25) is 4.57 Å². The van der Waals surface area contributed by atoms with Gasteiger partial charge in [-0.1, -0.05) is 176 Å². The van der Waals surface area contributed by atoms with Crippen molar-refractivity contribution in [3.05, 3.63) is 216 Å². The molecule has 1 aliphatic rings. The molecule has 0 unspecified atom stereocenters. The van der Waals surface area contributed by atoms with Crippen LogP contribution in [0.1, 0.15) is 22.3 Å². The molecule has 4 heteroatoms. The van der Waals surface area contributed by atoms with E-state index in [1.54, 1.807) is 0 Å². The Kier molecular flexibility index (Phi) is 6.73. The van der Waals surface area contributed by atoms with Gasteiger partial charge in [0.2, 0.25) is 5.95 Å². The number of hydrogen-bond acceptors (Lipinski definition) is 3. The first-order chi connectivity index (χ1) is 26.8. The third-order valence-corrected chi connectivity index (χ3v) is 11.1. The number of nitrogens with zero attached hydrogens (tertiary/aromatic N) is 4. The van der Waals surface area contributed by atoms with Crippen LogP contribution < -0.4 is 0 Å². The minimum absolute atomic E-state index is 0.581. The van der Waals surface area contributed by atoms with Crippen LogP contribution in [0.15, 0.2) is 194 Å². The van der Waals surface area contributed by atoms with Crippen molar-refractivity contribution in [1.82, 2.24) is 19.5 Å². The lowest BCUT2D eigenvalue weighted by Crippen LogP contribution is -2.34. The minimum Gasteiger partial charge on any atom is -0.278 e. The van der Waals surface area contributed by atoms with E-state index in [4.69, 9.17) is 15.0 Å². The highest BCUT2D eigenvalue weighted by molar-refractivity contribution is 6.14. The predicted molar refractivity (Wildman–Crippen MR) is 220 cm³/mol. The Morgan fingerprint density at radius 1 is 0.389 bits per heavy atom. The lowest BCUT2D eigenvalue weighted by Gasteiger charge is -2.42. The normalized spacial score (nSPS) is 13.0. The van der Waals surface area contributed by atoms with Gasteiger partial charge in [0.05, 0.1) is 16.4 Å². The van der Waals surface area contributed by atoms with Crippen molar-refractivity contribution in [2.45, 2.75) is 5.41 Å². The van der Waals surface area contributed by atoms with Gasteiger partial charge in [-0.2, -0.15) is 9.97 Å². The lowest BCUT2D eigenvalue weighted by molar-refractivity contribution is 0.750. The first-order valence-electron chi connectivity index (χ1n) is 18.4. The molecule has 0 N–H and O–H groups in total. The van der Waals surface area contributed by atoms with Crippen molar-refractivity contribution < 1.29 is 0 Å². The van der Waals surface area contributed by atoms with Gasteiger partial charge >= 0.3 is 0 Å². The van der Waals surface area contributed by atoms with Gasteiger partial charge in [0, 0.05) is 21.9 Å². The summed E-state index contributed by atoms with van der Waals surface area (Å²) in [5, 5.41) is 4.83. The summed E-state index contributed by atoms with van der Waals surface area (Å²) in [5.74, 6) is 1.84. The zero-order valence-electron chi connectivity index (χ0n) is 29.3. The van der Waals surface area contributed by atoms with Crippen LogP contribution in [0.2, 0.25) is 0 Å². The molecule has 2 aromatic heterocycles. The monoisotopic (exact) mass is 688 g/mol. The van der Waals surface area contributed by atoms with E-state index in [0.29, 0.717) is 17.6 Å². The van der Waals surface area contributed by atoms with Crippen molar-refractivity contribution >= 4 is 32.6 Å². The van der Waals surface area contributed by atoms with E-state index < -0.39 is 5.41 Å². The summed E-state index contributed by atoms with van der Waals surface area (Å²) < 4.78 is 2.24.